The maximum atomic E-state index is 5.77. The Labute approximate surface area is 114 Å². The number of hydrogen-bond donors (Lipinski definition) is 0. The first-order valence-corrected chi connectivity index (χ1v) is 7.87. The van der Waals surface area contributed by atoms with Crippen LogP contribution in [0.4, 0.5) is 0 Å². The molecular formula is C16H33O2. The molecular weight excluding hydrogens is 224 g/mol. The second-order valence-corrected chi connectivity index (χ2v) is 4.93. The van der Waals surface area contributed by atoms with Crippen molar-refractivity contribution in [2.24, 2.45) is 0 Å². The number of ether oxygens (including phenoxy) is 2. The minimum Gasteiger partial charge on any atom is -0.353 e. The van der Waals surface area contributed by atoms with E-state index in [4.69, 9.17) is 9.47 Å². The van der Waals surface area contributed by atoms with Gasteiger partial charge in [0.25, 0.3) is 0 Å². The van der Waals surface area contributed by atoms with Gasteiger partial charge in [0.05, 0.1) is 0 Å². The van der Waals surface area contributed by atoms with E-state index in [2.05, 4.69) is 20.8 Å². The van der Waals surface area contributed by atoms with E-state index in [9.17, 15) is 0 Å². The summed E-state index contributed by atoms with van der Waals surface area (Å²) in [6.07, 6.45) is 11.8. The van der Waals surface area contributed by atoms with Gasteiger partial charge in [-0.15, -0.1) is 0 Å². The lowest BCUT2D eigenvalue weighted by Crippen LogP contribution is -2.18. The van der Waals surface area contributed by atoms with E-state index in [0.29, 0.717) is 0 Å². The summed E-state index contributed by atoms with van der Waals surface area (Å²) in [5, 5.41) is 0. The minimum atomic E-state index is -0.0225. The highest BCUT2D eigenvalue weighted by Crippen LogP contribution is 2.08. The lowest BCUT2D eigenvalue weighted by atomic mass is 10.2. The van der Waals surface area contributed by atoms with Crippen LogP contribution < -0.4 is 0 Å². The summed E-state index contributed by atoms with van der Waals surface area (Å²) in [7, 11) is 0. The van der Waals surface area contributed by atoms with Gasteiger partial charge < -0.3 is 9.47 Å². The Morgan fingerprint density at radius 3 is 1.67 bits per heavy atom. The third-order valence-electron chi connectivity index (χ3n) is 3.04. The lowest BCUT2D eigenvalue weighted by molar-refractivity contribution is -0.146. The number of unbranched alkanes of at least 4 members (excludes halogenated alkanes) is 6. The molecule has 0 spiro atoms. The van der Waals surface area contributed by atoms with E-state index in [1.807, 2.05) is 0 Å². The first kappa shape index (κ1) is 17.9. The molecule has 2 heteroatoms. The molecule has 18 heavy (non-hydrogen) atoms. The maximum Gasteiger partial charge on any atom is 0.157 e. The highest BCUT2D eigenvalue weighted by molar-refractivity contribution is 4.50. The molecule has 0 N–H and O–H groups in total. The van der Waals surface area contributed by atoms with Crippen LogP contribution in [0.25, 0.3) is 0 Å². The summed E-state index contributed by atoms with van der Waals surface area (Å²) in [6.45, 7) is 10.0. The maximum absolute atomic E-state index is 5.77. The van der Waals surface area contributed by atoms with Gasteiger partial charge in [-0.3, -0.25) is 0 Å². The summed E-state index contributed by atoms with van der Waals surface area (Å²) < 4.78 is 11.5. The summed E-state index contributed by atoms with van der Waals surface area (Å²) in [6, 6.07) is 0. The molecule has 0 aliphatic carbocycles. The molecule has 0 fully saturated rings. The van der Waals surface area contributed by atoms with Crippen molar-refractivity contribution >= 4 is 0 Å². The Kier molecular flexibility index (Phi) is 14.9. The molecule has 2 nitrogen and oxygen atoms in total. The average Bonchev–Trinajstić information content (AvgIpc) is 2.38. The Balaban J connectivity index is 3.45. The highest BCUT2D eigenvalue weighted by atomic mass is 16.7. The van der Waals surface area contributed by atoms with E-state index >= 15 is 0 Å². The van der Waals surface area contributed by atoms with Crippen molar-refractivity contribution in [2.45, 2.75) is 84.3 Å². The van der Waals surface area contributed by atoms with Crippen molar-refractivity contribution in [2.75, 3.05) is 13.2 Å². The molecule has 0 amide bonds. The van der Waals surface area contributed by atoms with Gasteiger partial charge in [0.2, 0.25) is 0 Å². The smallest absolute Gasteiger partial charge is 0.157 e. The molecule has 0 aromatic rings. The zero-order valence-corrected chi connectivity index (χ0v) is 12.6. The van der Waals surface area contributed by atoms with Crippen molar-refractivity contribution in [3.63, 3.8) is 0 Å². The normalized spacial score (nSPS) is 11.3. The molecule has 0 bridgehead atoms. The van der Waals surface area contributed by atoms with Gasteiger partial charge >= 0.3 is 0 Å². The van der Waals surface area contributed by atoms with Crippen LogP contribution in [0.2, 0.25) is 0 Å². The second kappa shape index (κ2) is 15.0. The summed E-state index contributed by atoms with van der Waals surface area (Å²) in [5.41, 5.74) is 0. The van der Waals surface area contributed by atoms with Gasteiger partial charge in [-0.05, 0) is 25.7 Å². The molecule has 0 rings (SSSR count). The Morgan fingerprint density at radius 1 is 0.778 bits per heavy atom. The van der Waals surface area contributed by atoms with Gasteiger partial charge in [0, 0.05) is 13.2 Å². The standard InChI is InChI=1S/C16H33O2/c1-4-7-9-11-14-17-16(13-6-3)18-15-12-10-8-5-2/h16H,3-15H2,1-2H3. The predicted molar refractivity (Wildman–Crippen MR) is 78.6 cm³/mol. The monoisotopic (exact) mass is 257 g/mol. The first-order chi connectivity index (χ1) is 8.85. The van der Waals surface area contributed by atoms with Crippen molar-refractivity contribution < 1.29 is 9.47 Å². The fraction of sp³-hybridized carbons (Fsp3) is 0.938. The van der Waals surface area contributed by atoms with Crippen LogP contribution in [-0.2, 0) is 9.47 Å². The first-order valence-electron chi connectivity index (χ1n) is 7.87. The molecule has 0 aromatic carbocycles. The quantitative estimate of drug-likeness (QED) is 0.317. The van der Waals surface area contributed by atoms with Gasteiger partial charge in [0.1, 0.15) is 0 Å². The fourth-order valence-electron chi connectivity index (χ4n) is 1.87. The Hall–Kier alpha value is -0.0800. The third-order valence-corrected chi connectivity index (χ3v) is 3.04. The van der Waals surface area contributed by atoms with Crippen molar-refractivity contribution in [1.82, 2.24) is 0 Å². The van der Waals surface area contributed by atoms with Gasteiger partial charge in [-0.25, -0.2) is 0 Å². The van der Waals surface area contributed by atoms with Crippen LogP contribution >= 0.6 is 0 Å². The second-order valence-electron chi connectivity index (χ2n) is 4.93. The minimum absolute atomic E-state index is 0.0225. The summed E-state index contributed by atoms with van der Waals surface area (Å²) in [4.78, 5) is 0. The molecule has 0 aliphatic rings. The summed E-state index contributed by atoms with van der Waals surface area (Å²) in [5.74, 6) is 0. The summed E-state index contributed by atoms with van der Waals surface area (Å²) >= 11 is 0. The SMILES string of the molecule is [CH2]CCC(OCCCCCC)OCCCCCC. The van der Waals surface area contributed by atoms with Crippen LogP contribution in [0.15, 0.2) is 0 Å². The number of hydrogen-bond acceptors (Lipinski definition) is 2. The Bertz CT molecular complexity index is 134. The number of rotatable bonds is 14. The molecule has 0 saturated carbocycles. The zero-order chi connectivity index (χ0) is 13.5. The molecule has 0 heterocycles. The lowest BCUT2D eigenvalue weighted by Gasteiger charge is -2.18. The van der Waals surface area contributed by atoms with Gasteiger partial charge in [0.15, 0.2) is 6.29 Å². The molecule has 0 unspecified atom stereocenters. The van der Waals surface area contributed by atoms with E-state index < -0.39 is 0 Å². The van der Waals surface area contributed by atoms with E-state index in [1.54, 1.807) is 0 Å². The molecule has 109 valence electrons. The topological polar surface area (TPSA) is 18.5 Å². The van der Waals surface area contributed by atoms with Crippen LogP contribution in [0, 0.1) is 6.92 Å². The van der Waals surface area contributed by atoms with Crippen molar-refractivity contribution in [3.05, 3.63) is 6.92 Å². The molecule has 0 aromatic heterocycles. The largest absolute Gasteiger partial charge is 0.353 e. The third kappa shape index (κ3) is 12.4. The molecule has 0 atom stereocenters. The highest BCUT2D eigenvalue weighted by Gasteiger charge is 2.07. The van der Waals surface area contributed by atoms with Crippen LogP contribution in [0.1, 0.15) is 78.1 Å². The average molecular weight is 257 g/mol. The van der Waals surface area contributed by atoms with E-state index in [1.165, 1.54) is 38.5 Å². The van der Waals surface area contributed by atoms with E-state index in [0.717, 1.165) is 38.9 Å². The van der Waals surface area contributed by atoms with Crippen LogP contribution in [0.5, 0.6) is 0 Å². The molecule has 0 saturated heterocycles. The van der Waals surface area contributed by atoms with Crippen molar-refractivity contribution in [1.29, 1.82) is 0 Å². The Morgan fingerprint density at radius 2 is 1.28 bits per heavy atom. The molecule has 1 radical (unpaired) electrons. The van der Waals surface area contributed by atoms with Gasteiger partial charge in [-0.1, -0.05) is 59.3 Å². The fourth-order valence-corrected chi connectivity index (χ4v) is 1.87. The predicted octanol–water partition coefficient (Wildman–Crippen LogP) is 5.12. The zero-order valence-electron chi connectivity index (χ0n) is 12.6. The molecule has 0 aliphatic heterocycles. The van der Waals surface area contributed by atoms with E-state index in [-0.39, 0.29) is 6.29 Å². The van der Waals surface area contributed by atoms with Crippen molar-refractivity contribution in [3.8, 4) is 0 Å². The van der Waals surface area contributed by atoms with Gasteiger partial charge in [-0.2, -0.15) is 0 Å². The van der Waals surface area contributed by atoms with Crippen LogP contribution in [-0.4, -0.2) is 19.5 Å². The van der Waals surface area contributed by atoms with Crippen LogP contribution in [0.3, 0.4) is 0 Å².